The summed E-state index contributed by atoms with van der Waals surface area (Å²) in [4.78, 5) is 25.9. The van der Waals surface area contributed by atoms with E-state index in [-0.39, 0.29) is 17.6 Å². The second kappa shape index (κ2) is 6.14. The minimum Gasteiger partial charge on any atom is -0.423 e. The van der Waals surface area contributed by atoms with Crippen molar-refractivity contribution in [3.05, 3.63) is 39.7 Å². The number of benzene rings is 1. The number of nitrogens with one attached hydrogen (secondary N) is 1. The first-order valence-corrected chi connectivity index (χ1v) is 7.59. The lowest BCUT2D eigenvalue weighted by molar-refractivity contribution is -0.126. The molecule has 0 unspecified atom stereocenters. The smallest absolute Gasteiger partial charge is 0.336 e. The molecular formula is C17H20N2O4. The predicted octanol–water partition coefficient (Wildman–Crippen LogP) is 1.68. The van der Waals surface area contributed by atoms with Crippen LogP contribution >= 0.6 is 0 Å². The van der Waals surface area contributed by atoms with Crippen LogP contribution in [0.15, 0.2) is 27.4 Å². The Hall–Kier alpha value is -2.18. The number of likely N-dealkylation sites (N-methyl/N-ethyl adjacent to an activating group) is 1. The molecule has 2 heterocycles. The summed E-state index contributed by atoms with van der Waals surface area (Å²) in [6.07, 6.45) is 0. The third-order valence-electron chi connectivity index (χ3n) is 4.25. The van der Waals surface area contributed by atoms with Crippen LogP contribution in [0.5, 0.6) is 0 Å². The van der Waals surface area contributed by atoms with Crippen molar-refractivity contribution in [1.82, 2.24) is 4.90 Å². The third kappa shape index (κ3) is 3.13. The van der Waals surface area contributed by atoms with Crippen molar-refractivity contribution in [2.24, 2.45) is 0 Å². The molecule has 1 aliphatic heterocycles. The van der Waals surface area contributed by atoms with Crippen LogP contribution in [0.4, 0.5) is 5.69 Å². The highest BCUT2D eigenvalue weighted by Crippen LogP contribution is 2.25. The number of carbonyl (C=O) groups excluding carboxylic acids is 1. The second-order valence-electron chi connectivity index (χ2n) is 5.97. The van der Waals surface area contributed by atoms with Gasteiger partial charge in [0.1, 0.15) is 11.6 Å². The molecule has 1 atom stereocenters. The molecule has 122 valence electrons. The average molecular weight is 316 g/mol. The van der Waals surface area contributed by atoms with Crippen LogP contribution in [0, 0.1) is 13.8 Å². The number of nitrogens with zero attached hydrogens (tertiary/aromatic N) is 1. The number of morpholine rings is 1. The molecule has 0 aliphatic carbocycles. The number of hydrogen-bond acceptors (Lipinski definition) is 5. The minimum absolute atomic E-state index is 0.0929. The van der Waals surface area contributed by atoms with Gasteiger partial charge in [0, 0.05) is 23.7 Å². The quantitative estimate of drug-likeness (QED) is 0.854. The van der Waals surface area contributed by atoms with Gasteiger partial charge in [-0.2, -0.15) is 0 Å². The van der Waals surface area contributed by atoms with Gasteiger partial charge in [-0.1, -0.05) is 0 Å². The van der Waals surface area contributed by atoms with Gasteiger partial charge in [-0.25, -0.2) is 4.79 Å². The zero-order valence-electron chi connectivity index (χ0n) is 13.5. The molecule has 1 aliphatic rings. The molecule has 0 bridgehead atoms. The van der Waals surface area contributed by atoms with E-state index in [1.807, 2.05) is 31.9 Å². The van der Waals surface area contributed by atoms with Gasteiger partial charge in [-0.05, 0) is 44.2 Å². The Bertz CT molecular complexity index is 812. The monoisotopic (exact) mass is 316 g/mol. The molecule has 23 heavy (non-hydrogen) atoms. The lowest BCUT2D eigenvalue weighted by Gasteiger charge is -2.31. The number of fused-ring (bicyclic) bond motifs is 1. The van der Waals surface area contributed by atoms with E-state index in [0.29, 0.717) is 18.8 Å². The SMILES string of the molecule is Cc1cc2oc(=O)cc(C)c2cc1NC(=O)[C@@H]1COCCN1C. The van der Waals surface area contributed by atoms with Crippen molar-refractivity contribution in [2.75, 3.05) is 32.1 Å². The third-order valence-corrected chi connectivity index (χ3v) is 4.25. The topological polar surface area (TPSA) is 71.8 Å². The Kier molecular flexibility index (Phi) is 4.19. The number of anilines is 1. The Labute approximate surface area is 134 Å². The van der Waals surface area contributed by atoms with Crippen molar-refractivity contribution < 1.29 is 13.9 Å². The molecular weight excluding hydrogens is 296 g/mol. The number of carbonyl (C=O) groups is 1. The summed E-state index contributed by atoms with van der Waals surface area (Å²) >= 11 is 0. The first-order chi connectivity index (χ1) is 11.0. The van der Waals surface area contributed by atoms with Gasteiger partial charge in [0.2, 0.25) is 5.91 Å². The fourth-order valence-corrected chi connectivity index (χ4v) is 2.78. The summed E-state index contributed by atoms with van der Waals surface area (Å²) in [5.41, 5.74) is 2.55. The Morgan fingerprint density at radius 1 is 1.26 bits per heavy atom. The molecule has 0 radical (unpaired) electrons. The summed E-state index contributed by atoms with van der Waals surface area (Å²) in [5.74, 6) is -0.0929. The van der Waals surface area contributed by atoms with E-state index in [0.717, 1.165) is 28.7 Å². The van der Waals surface area contributed by atoms with E-state index in [9.17, 15) is 9.59 Å². The Balaban J connectivity index is 1.92. The maximum atomic E-state index is 12.5. The van der Waals surface area contributed by atoms with Gasteiger partial charge in [0.05, 0.1) is 13.2 Å². The van der Waals surface area contributed by atoms with Crippen molar-refractivity contribution in [3.8, 4) is 0 Å². The first-order valence-electron chi connectivity index (χ1n) is 7.59. The number of rotatable bonds is 2. The predicted molar refractivity (Wildman–Crippen MR) is 87.8 cm³/mol. The lowest BCUT2D eigenvalue weighted by atomic mass is 10.1. The standard InChI is InChI=1S/C17H20N2O4/c1-10-7-16(20)23-15-6-11(2)13(8-12(10)15)18-17(21)14-9-22-5-4-19(14)3/h6-8,14H,4-5,9H2,1-3H3,(H,18,21)/t14-/m0/s1. The van der Waals surface area contributed by atoms with Crippen LogP contribution in [-0.4, -0.2) is 43.7 Å². The number of ether oxygens (including phenoxy) is 1. The second-order valence-corrected chi connectivity index (χ2v) is 5.97. The van der Waals surface area contributed by atoms with Gasteiger partial charge < -0.3 is 14.5 Å². The first kappa shape index (κ1) is 15.7. The van der Waals surface area contributed by atoms with E-state index in [1.165, 1.54) is 6.07 Å². The van der Waals surface area contributed by atoms with Crippen LogP contribution in [-0.2, 0) is 9.53 Å². The summed E-state index contributed by atoms with van der Waals surface area (Å²) in [6, 6.07) is 4.78. The Morgan fingerprint density at radius 3 is 2.78 bits per heavy atom. The van der Waals surface area contributed by atoms with E-state index < -0.39 is 0 Å². The van der Waals surface area contributed by atoms with Crippen LogP contribution in [0.2, 0.25) is 0 Å². The van der Waals surface area contributed by atoms with E-state index in [2.05, 4.69) is 5.32 Å². The Morgan fingerprint density at radius 2 is 2.04 bits per heavy atom. The summed E-state index contributed by atoms with van der Waals surface area (Å²) in [7, 11) is 1.92. The number of aryl methyl sites for hydroxylation is 2. The number of amides is 1. The van der Waals surface area contributed by atoms with Crippen LogP contribution in [0.25, 0.3) is 11.0 Å². The normalized spacial score (nSPS) is 19.0. The van der Waals surface area contributed by atoms with Crippen LogP contribution < -0.4 is 10.9 Å². The molecule has 6 nitrogen and oxygen atoms in total. The van der Waals surface area contributed by atoms with Crippen LogP contribution in [0.1, 0.15) is 11.1 Å². The molecule has 0 saturated carbocycles. The maximum Gasteiger partial charge on any atom is 0.336 e. The summed E-state index contributed by atoms with van der Waals surface area (Å²) in [6.45, 7) is 5.50. The summed E-state index contributed by atoms with van der Waals surface area (Å²) in [5, 5.41) is 3.78. The highest BCUT2D eigenvalue weighted by atomic mass is 16.5. The van der Waals surface area contributed by atoms with Gasteiger partial charge in [-0.15, -0.1) is 0 Å². The van der Waals surface area contributed by atoms with Gasteiger partial charge >= 0.3 is 5.63 Å². The van der Waals surface area contributed by atoms with Crippen molar-refractivity contribution >= 4 is 22.6 Å². The van der Waals surface area contributed by atoms with E-state index in [4.69, 9.17) is 9.15 Å². The fourth-order valence-electron chi connectivity index (χ4n) is 2.78. The number of hydrogen-bond donors (Lipinski definition) is 1. The van der Waals surface area contributed by atoms with Crippen molar-refractivity contribution in [3.63, 3.8) is 0 Å². The molecule has 2 aromatic rings. The van der Waals surface area contributed by atoms with E-state index in [1.54, 1.807) is 6.07 Å². The summed E-state index contributed by atoms with van der Waals surface area (Å²) < 4.78 is 10.6. The zero-order chi connectivity index (χ0) is 16.6. The molecule has 3 rings (SSSR count). The largest absolute Gasteiger partial charge is 0.423 e. The molecule has 1 fully saturated rings. The molecule has 1 amide bonds. The highest BCUT2D eigenvalue weighted by Gasteiger charge is 2.27. The molecule has 1 aromatic carbocycles. The molecule has 6 heteroatoms. The minimum atomic E-state index is -0.368. The maximum absolute atomic E-state index is 12.5. The van der Waals surface area contributed by atoms with Gasteiger partial charge in [0.15, 0.2) is 0 Å². The van der Waals surface area contributed by atoms with Crippen LogP contribution in [0.3, 0.4) is 0 Å². The highest BCUT2D eigenvalue weighted by molar-refractivity contribution is 5.98. The zero-order valence-corrected chi connectivity index (χ0v) is 13.5. The molecule has 1 N–H and O–H groups in total. The fraction of sp³-hybridized carbons (Fsp3) is 0.412. The van der Waals surface area contributed by atoms with Gasteiger partial charge in [0.25, 0.3) is 0 Å². The molecule has 0 spiro atoms. The van der Waals surface area contributed by atoms with Crippen molar-refractivity contribution in [2.45, 2.75) is 19.9 Å². The van der Waals surface area contributed by atoms with Crippen molar-refractivity contribution in [1.29, 1.82) is 0 Å². The lowest BCUT2D eigenvalue weighted by Crippen LogP contribution is -2.49. The average Bonchev–Trinajstić information content (AvgIpc) is 2.49. The molecule has 1 saturated heterocycles. The molecule has 1 aromatic heterocycles. The van der Waals surface area contributed by atoms with E-state index >= 15 is 0 Å². The van der Waals surface area contributed by atoms with Gasteiger partial charge in [-0.3, -0.25) is 9.69 Å².